The van der Waals surface area contributed by atoms with Gasteiger partial charge in [0.2, 0.25) is 11.9 Å². The van der Waals surface area contributed by atoms with Crippen LogP contribution in [0, 0.1) is 0 Å². The standard InChI is InChI=1S/C7H12N4O/c1-2-5(6(8)12)11-4-3-10-7(11)9/h3-5H,2H2,1H3,(H2,8,12)(H2,9,10). The van der Waals surface area contributed by atoms with E-state index >= 15 is 0 Å². The fourth-order valence-electron chi connectivity index (χ4n) is 1.12. The van der Waals surface area contributed by atoms with Crippen LogP contribution < -0.4 is 11.5 Å². The number of nitrogen functional groups attached to an aromatic ring is 1. The lowest BCUT2D eigenvalue weighted by molar-refractivity contribution is -0.121. The van der Waals surface area contributed by atoms with Crippen LogP contribution in [0.5, 0.6) is 0 Å². The molecule has 1 unspecified atom stereocenters. The van der Waals surface area contributed by atoms with Gasteiger partial charge in [0.15, 0.2) is 0 Å². The SMILES string of the molecule is CCC(C(N)=O)n1ccnc1N. The molecule has 0 fully saturated rings. The van der Waals surface area contributed by atoms with Gasteiger partial charge in [-0.3, -0.25) is 4.79 Å². The monoisotopic (exact) mass is 168 g/mol. The van der Waals surface area contributed by atoms with Crippen LogP contribution in [0.25, 0.3) is 0 Å². The number of carbonyl (C=O) groups is 1. The molecule has 0 bridgehead atoms. The van der Waals surface area contributed by atoms with E-state index in [2.05, 4.69) is 4.98 Å². The summed E-state index contributed by atoms with van der Waals surface area (Å²) in [4.78, 5) is 14.7. The first-order chi connectivity index (χ1) is 5.66. The van der Waals surface area contributed by atoms with Crippen LogP contribution in [-0.4, -0.2) is 15.5 Å². The summed E-state index contributed by atoms with van der Waals surface area (Å²) in [5.74, 6) is -0.0668. The first-order valence-electron chi connectivity index (χ1n) is 3.74. The van der Waals surface area contributed by atoms with Crippen molar-refractivity contribution < 1.29 is 4.79 Å². The zero-order valence-electron chi connectivity index (χ0n) is 6.90. The van der Waals surface area contributed by atoms with Gasteiger partial charge in [-0.15, -0.1) is 0 Å². The molecular formula is C7H12N4O. The summed E-state index contributed by atoms with van der Waals surface area (Å²) in [7, 11) is 0. The molecule has 0 aliphatic carbocycles. The Balaban J connectivity index is 2.94. The van der Waals surface area contributed by atoms with Gasteiger partial charge in [0.05, 0.1) is 0 Å². The van der Waals surface area contributed by atoms with Crippen molar-refractivity contribution in [3.05, 3.63) is 12.4 Å². The van der Waals surface area contributed by atoms with E-state index in [0.717, 1.165) is 0 Å². The van der Waals surface area contributed by atoms with E-state index in [1.165, 1.54) is 0 Å². The average Bonchev–Trinajstić information content (AvgIpc) is 2.38. The summed E-state index contributed by atoms with van der Waals surface area (Å²) in [6.07, 6.45) is 3.81. The second-order valence-electron chi connectivity index (χ2n) is 2.52. The van der Waals surface area contributed by atoms with Gasteiger partial charge in [0.1, 0.15) is 6.04 Å². The van der Waals surface area contributed by atoms with Gasteiger partial charge in [-0.1, -0.05) is 6.92 Å². The van der Waals surface area contributed by atoms with Gasteiger partial charge in [-0.2, -0.15) is 0 Å². The normalized spacial score (nSPS) is 12.8. The zero-order chi connectivity index (χ0) is 9.14. The third kappa shape index (κ3) is 1.39. The Hall–Kier alpha value is -1.52. The van der Waals surface area contributed by atoms with E-state index < -0.39 is 0 Å². The number of hydrogen-bond acceptors (Lipinski definition) is 3. The fraction of sp³-hybridized carbons (Fsp3) is 0.429. The van der Waals surface area contributed by atoms with Crippen molar-refractivity contribution in [2.24, 2.45) is 5.73 Å². The van der Waals surface area contributed by atoms with E-state index in [9.17, 15) is 4.79 Å². The fourth-order valence-corrected chi connectivity index (χ4v) is 1.12. The minimum atomic E-state index is -0.387. The summed E-state index contributed by atoms with van der Waals surface area (Å²) in [6, 6.07) is -0.382. The molecule has 12 heavy (non-hydrogen) atoms. The molecule has 0 aliphatic rings. The Bertz CT molecular complexity index is 281. The first kappa shape index (κ1) is 8.58. The second-order valence-corrected chi connectivity index (χ2v) is 2.52. The molecule has 1 amide bonds. The Labute approximate surface area is 70.4 Å². The molecule has 0 saturated carbocycles. The van der Waals surface area contributed by atoms with Crippen molar-refractivity contribution in [3.8, 4) is 0 Å². The number of carbonyl (C=O) groups excluding carboxylic acids is 1. The maximum atomic E-state index is 10.9. The smallest absolute Gasteiger partial charge is 0.240 e. The number of amides is 1. The van der Waals surface area contributed by atoms with Crippen molar-refractivity contribution in [1.82, 2.24) is 9.55 Å². The van der Waals surface area contributed by atoms with Crippen LogP contribution in [0.2, 0.25) is 0 Å². The number of nitrogens with two attached hydrogens (primary N) is 2. The quantitative estimate of drug-likeness (QED) is 0.660. The van der Waals surface area contributed by atoms with Crippen LogP contribution in [0.4, 0.5) is 5.95 Å². The van der Waals surface area contributed by atoms with Crippen LogP contribution in [0.1, 0.15) is 19.4 Å². The van der Waals surface area contributed by atoms with Crippen molar-refractivity contribution in [2.45, 2.75) is 19.4 Å². The molecule has 1 aromatic heterocycles. The highest BCUT2D eigenvalue weighted by molar-refractivity contribution is 5.78. The number of hydrogen-bond donors (Lipinski definition) is 2. The number of anilines is 1. The lowest BCUT2D eigenvalue weighted by atomic mass is 10.2. The Morgan fingerprint density at radius 1 is 1.83 bits per heavy atom. The first-order valence-corrected chi connectivity index (χ1v) is 3.74. The molecule has 0 saturated heterocycles. The van der Waals surface area contributed by atoms with Gasteiger partial charge in [-0.05, 0) is 6.42 Å². The molecule has 0 aromatic carbocycles. The van der Waals surface area contributed by atoms with Gasteiger partial charge in [0.25, 0.3) is 0 Å². The minimum absolute atomic E-state index is 0.320. The highest BCUT2D eigenvalue weighted by atomic mass is 16.1. The summed E-state index contributed by atoms with van der Waals surface area (Å²) in [5.41, 5.74) is 10.7. The Kier molecular flexibility index (Phi) is 2.32. The molecule has 0 radical (unpaired) electrons. The molecule has 4 N–H and O–H groups in total. The van der Waals surface area contributed by atoms with E-state index in [4.69, 9.17) is 11.5 Å². The van der Waals surface area contributed by atoms with Crippen LogP contribution >= 0.6 is 0 Å². The number of primary amides is 1. The maximum absolute atomic E-state index is 10.9. The molecule has 66 valence electrons. The second kappa shape index (κ2) is 3.25. The van der Waals surface area contributed by atoms with Crippen LogP contribution in [0.3, 0.4) is 0 Å². The van der Waals surface area contributed by atoms with E-state index in [1.54, 1.807) is 17.0 Å². The van der Waals surface area contributed by atoms with E-state index in [-0.39, 0.29) is 11.9 Å². The van der Waals surface area contributed by atoms with Gasteiger partial charge < -0.3 is 16.0 Å². The molecular weight excluding hydrogens is 156 g/mol. The lowest BCUT2D eigenvalue weighted by Gasteiger charge is -2.13. The summed E-state index contributed by atoms with van der Waals surface area (Å²) in [5, 5.41) is 0. The summed E-state index contributed by atoms with van der Waals surface area (Å²) >= 11 is 0. The van der Waals surface area contributed by atoms with Crippen molar-refractivity contribution in [3.63, 3.8) is 0 Å². The summed E-state index contributed by atoms with van der Waals surface area (Å²) in [6.45, 7) is 1.87. The molecule has 1 rings (SSSR count). The molecule has 5 nitrogen and oxygen atoms in total. The highest BCUT2D eigenvalue weighted by Crippen LogP contribution is 2.13. The molecule has 1 aromatic rings. The third-order valence-electron chi connectivity index (χ3n) is 1.75. The predicted octanol–water partition coefficient (Wildman–Crippen LogP) is -0.0983. The topological polar surface area (TPSA) is 86.9 Å². The van der Waals surface area contributed by atoms with E-state index in [0.29, 0.717) is 12.4 Å². The zero-order valence-corrected chi connectivity index (χ0v) is 6.90. The molecule has 0 aliphatic heterocycles. The largest absolute Gasteiger partial charge is 0.369 e. The third-order valence-corrected chi connectivity index (χ3v) is 1.75. The molecule has 1 heterocycles. The van der Waals surface area contributed by atoms with Gasteiger partial charge >= 0.3 is 0 Å². The number of aromatic nitrogens is 2. The van der Waals surface area contributed by atoms with Crippen molar-refractivity contribution >= 4 is 11.9 Å². The minimum Gasteiger partial charge on any atom is -0.369 e. The Morgan fingerprint density at radius 2 is 2.50 bits per heavy atom. The Morgan fingerprint density at radius 3 is 2.83 bits per heavy atom. The van der Waals surface area contributed by atoms with Crippen LogP contribution in [0.15, 0.2) is 12.4 Å². The number of nitrogens with zero attached hydrogens (tertiary/aromatic N) is 2. The van der Waals surface area contributed by atoms with E-state index in [1.807, 2.05) is 6.92 Å². The summed E-state index contributed by atoms with van der Waals surface area (Å²) < 4.78 is 1.57. The van der Waals surface area contributed by atoms with Crippen molar-refractivity contribution in [1.29, 1.82) is 0 Å². The predicted molar refractivity (Wildman–Crippen MR) is 45.2 cm³/mol. The average molecular weight is 168 g/mol. The van der Waals surface area contributed by atoms with Gasteiger partial charge in [-0.25, -0.2) is 4.98 Å². The van der Waals surface area contributed by atoms with Crippen LogP contribution in [-0.2, 0) is 4.79 Å². The lowest BCUT2D eigenvalue weighted by Crippen LogP contribution is -2.26. The maximum Gasteiger partial charge on any atom is 0.240 e. The molecule has 1 atom stereocenters. The van der Waals surface area contributed by atoms with Crippen molar-refractivity contribution in [2.75, 3.05) is 5.73 Å². The highest BCUT2D eigenvalue weighted by Gasteiger charge is 2.16. The molecule has 0 spiro atoms. The number of imidazole rings is 1. The molecule has 5 heteroatoms. The van der Waals surface area contributed by atoms with Gasteiger partial charge in [0, 0.05) is 12.4 Å². The number of rotatable bonds is 3.